The normalized spacial score (nSPS) is 25.2. The maximum absolute atomic E-state index is 5.94. The van der Waals surface area contributed by atoms with Crippen LogP contribution in [-0.2, 0) is 4.74 Å². The topological polar surface area (TPSA) is 68.9 Å². The quantitative estimate of drug-likeness (QED) is 0.653. The van der Waals surface area contributed by atoms with Crippen molar-refractivity contribution in [2.45, 2.75) is 31.3 Å². The van der Waals surface area contributed by atoms with Crippen LogP contribution < -0.4 is 15.8 Å². The molecule has 1 fully saturated rings. The van der Waals surface area contributed by atoms with Crippen LogP contribution in [0.15, 0.2) is 29.3 Å². The summed E-state index contributed by atoms with van der Waals surface area (Å²) in [6.45, 7) is 3.06. The summed E-state index contributed by atoms with van der Waals surface area (Å²) in [6, 6.07) is 8.21. The molecular formula is C16H23N3O2. The lowest BCUT2D eigenvalue weighted by atomic mass is 9.93. The molecule has 3 N–H and O–H groups in total. The van der Waals surface area contributed by atoms with Gasteiger partial charge in [-0.25, -0.2) is 0 Å². The van der Waals surface area contributed by atoms with Crippen LogP contribution in [0.5, 0.6) is 5.75 Å². The van der Waals surface area contributed by atoms with Gasteiger partial charge in [-0.05, 0) is 30.9 Å². The Morgan fingerprint density at radius 3 is 3.05 bits per heavy atom. The van der Waals surface area contributed by atoms with E-state index in [9.17, 15) is 0 Å². The first-order valence-electron chi connectivity index (χ1n) is 7.70. The number of nitrogens with zero attached hydrogens (tertiary/aromatic N) is 1. The Bertz CT molecular complexity index is 498. The van der Waals surface area contributed by atoms with E-state index in [2.05, 4.69) is 22.4 Å². The van der Waals surface area contributed by atoms with Gasteiger partial charge in [-0.15, -0.1) is 0 Å². The van der Waals surface area contributed by atoms with Crippen molar-refractivity contribution < 1.29 is 9.47 Å². The van der Waals surface area contributed by atoms with Gasteiger partial charge in [-0.1, -0.05) is 18.2 Å². The molecule has 5 heteroatoms. The number of guanidine groups is 1. The van der Waals surface area contributed by atoms with E-state index in [4.69, 9.17) is 15.2 Å². The van der Waals surface area contributed by atoms with Crippen molar-refractivity contribution in [2.24, 2.45) is 10.7 Å². The lowest BCUT2D eigenvalue weighted by Crippen LogP contribution is -2.36. The number of aliphatic imine (C=N–C) groups is 1. The third-order valence-electron chi connectivity index (χ3n) is 4.10. The lowest BCUT2D eigenvalue weighted by molar-refractivity contribution is 0.117. The lowest BCUT2D eigenvalue weighted by Gasteiger charge is -2.26. The Hall–Kier alpha value is -1.75. The van der Waals surface area contributed by atoms with Crippen LogP contribution in [0.4, 0.5) is 0 Å². The van der Waals surface area contributed by atoms with E-state index < -0.39 is 0 Å². The highest BCUT2D eigenvalue weighted by Gasteiger charge is 2.21. The first-order chi connectivity index (χ1) is 10.3. The summed E-state index contributed by atoms with van der Waals surface area (Å²) in [5, 5.41) is 3.23. The monoisotopic (exact) mass is 289 g/mol. The number of para-hydroxylation sites is 1. The van der Waals surface area contributed by atoms with Gasteiger partial charge in [0, 0.05) is 19.1 Å². The molecule has 0 radical (unpaired) electrons. The van der Waals surface area contributed by atoms with Crippen LogP contribution >= 0.6 is 0 Å². The van der Waals surface area contributed by atoms with Gasteiger partial charge in [0.2, 0.25) is 0 Å². The minimum atomic E-state index is 0.245. The van der Waals surface area contributed by atoms with E-state index in [0.717, 1.165) is 44.8 Å². The maximum atomic E-state index is 5.94. The Morgan fingerprint density at radius 1 is 1.29 bits per heavy atom. The number of hydrogen-bond acceptors (Lipinski definition) is 3. The number of nitrogens with one attached hydrogen (secondary N) is 1. The van der Waals surface area contributed by atoms with Gasteiger partial charge in [0.15, 0.2) is 5.96 Å². The third kappa shape index (κ3) is 3.67. The fourth-order valence-electron chi connectivity index (χ4n) is 2.90. The first-order valence-corrected chi connectivity index (χ1v) is 7.70. The summed E-state index contributed by atoms with van der Waals surface area (Å²) in [7, 11) is 0. The molecule has 0 bridgehead atoms. The van der Waals surface area contributed by atoms with Gasteiger partial charge < -0.3 is 20.5 Å². The van der Waals surface area contributed by atoms with Gasteiger partial charge in [0.25, 0.3) is 0 Å². The van der Waals surface area contributed by atoms with Crippen molar-refractivity contribution in [1.82, 2.24) is 5.32 Å². The number of benzene rings is 1. The molecule has 1 aromatic rings. The zero-order valence-electron chi connectivity index (χ0n) is 12.3. The number of rotatable bonds is 4. The summed E-state index contributed by atoms with van der Waals surface area (Å²) in [5.74, 6) is 1.92. The SMILES string of the molecule is NC(=NCC1CCCO1)NCC1CCOc2ccccc21. The Labute approximate surface area is 125 Å². The van der Waals surface area contributed by atoms with Gasteiger partial charge in [-0.2, -0.15) is 0 Å². The summed E-state index contributed by atoms with van der Waals surface area (Å²) < 4.78 is 11.2. The largest absolute Gasteiger partial charge is 0.493 e. The van der Waals surface area contributed by atoms with E-state index in [1.165, 1.54) is 5.56 Å². The van der Waals surface area contributed by atoms with E-state index in [1.54, 1.807) is 0 Å². The summed E-state index contributed by atoms with van der Waals surface area (Å²) in [6.07, 6.45) is 3.47. The molecule has 5 nitrogen and oxygen atoms in total. The molecule has 1 aromatic carbocycles. The summed E-state index contributed by atoms with van der Waals surface area (Å²) in [5.41, 5.74) is 7.19. The number of ether oxygens (including phenoxy) is 2. The van der Waals surface area contributed by atoms with Crippen molar-refractivity contribution in [3.8, 4) is 5.75 Å². The van der Waals surface area contributed by atoms with Gasteiger partial charge >= 0.3 is 0 Å². The second-order valence-electron chi connectivity index (χ2n) is 5.61. The van der Waals surface area contributed by atoms with E-state index in [0.29, 0.717) is 18.4 Å². The standard InChI is InChI=1S/C16H23N3O2/c17-16(19-11-13-4-3-8-20-13)18-10-12-7-9-21-15-6-2-1-5-14(12)15/h1-2,5-6,12-13H,3-4,7-11H2,(H3,17,18,19). The fraction of sp³-hybridized carbons (Fsp3) is 0.562. The maximum Gasteiger partial charge on any atom is 0.188 e. The molecule has 2 unspecified atom stereocenters. The highest BCUT2D eigenvalue weighted by Crippen LogP contribution is 2.32. The number of hydrogen-bond donors (Lipinski definition) is 2. The highest BCUT2D eigenvalue weighted by molar-refractivity contribution is 5.77. The first kappa shape index (κ1) is 14.2. The number of nitrogens with two attached hydrogens (primary N) is 1. The van der Waals surface area contributed by atoms with Crippen LogP contribution in [0, 0.1) is 0 Å². The summed E-state index contributed by atoms with van der Waals surface area (Å²) >= 11 is 0. The summed E-state index contributed by atoms with van der Waals surface area (Å²) in [4.78, 5) is 4.37. The third-order valence-corrected chi connectivity index (χ3v) is 4.10. The predicted molar refractivity (Wildman–Crippen MR) is 82.8 cm³/mol. The predicted octanol–water partition coefficient (Wildman–Crippen LogP) is 1.64. The molecule has 0 spiro atoms. The molecule has 1 saturated heterocycles. The molecule has 114 valence electrons. The molecule has 2 atom stereocenters. The Morgan fingerprint density at radius 2 is 2.19 bits per heavy atom. The second kappa shape index (κ2) is 6.80. The minimum absolute atomic E-state index is 0.245. The van der Waals surface area contributed by atoms with Crippen LogP contribution in [0.25, 0.3) is 0 Å². The van der Waals surface area contributed by atoms with Crippen molar-refractivity contribution in [2.75, 3.05) is 26.3 Å². The van der Waals surface area contributed by atoms with E-state index in [1.807, 2.05) is 12.1 Å². The zero-order chi connectivity index (χ0) is 14.5. The molecule has 2 aliphatic heterocycles. The van der Waals surface area contributed by atoms with E-state index in [-0.39, 0.29) is 6.10 Å². The van der Waals surface area contributed by atoms with Gasteiger partial charge in [0.05, 0.1) is 19.3 Å². The average molecular weight is 289 g/mol. The molecule has 21 heavy (non-hydrogen) atoms. The molecule has 3 rings (SSSR count). The van der Waals surface area contributed by atoms with Crippen LogP contribution in [0.1, 0.15) is 30.7 Å². The molecule has 2 heterocycles. The Balaban J connectivity index is 1.52. The molecule has 0 amide bonds. The second-order valence-corrected chi connectivity index (χ2v) is 5.61. The molecular weight excluding hydrogens is 266 g/mol. The van der Waals surface area contributed by atoms with Gasteiger partial charge in [-0.3, -0.25) is 4.99 Å². The molecule has 0 aromatic heterocycles. The molecule has 0 aliphatic carbocycles. The minimum Gasteiger partial charge on any atom is -0.493 e. The van der Waals surface area contributed by atoms with Crippen molar-refractivity contribution in [1.29, 1.82) is 0 Å². The Kier molecular flexibility index (Phi) is 4.60. The van der Waals surface area contributed by atoms with Crippen LogP contribution in [0.2, 0.25) is 0 Å². The molecule has 2 aliphatic rings. The van der Waals surface area contributed by atoms with E-state index >= 15 is 0 Å². The van der Waals surface area contributed by atoms with Crippen LogP contribution in [-0.4, -0.2) is 38.4 Å². The van der Waals surface area contributed by atoms with Gasteiger partial charge in [0.1, 0.15) is 5.75 Å². The number of fused-ring (bicyclic) bond motifs is 1. The fourth-order valence-corrected chi connectivity index (χ4v) is 2.90. The van der Waals surface area contributed by atoms with Crippen molar-refractivity contribution >= 4 is 5.96 Å². The molecule has 0 saturated carbocycles. The van der Waals surface area contributed by atoms with Crippen molar-refractivity contribution in [3.05, 3.63) is 29.8 Å². The highest BCUT2D eigenvalue weighted by atomic mass is 16.5. The van der Waals surface area contributed by atoms with Crippen molar-refractivity contribution in [3.63, 3.8) is 0 Å². The smallest absolute Gasteiger partial charge is 0.188 e. The zero-order valence-corrected chi connectivity index (χ0v) is 12.3. The average Bonchev–Trinajstić information content (AvgIpc) is 3.04. The van der Waals surface area contributed by atoms with Crippen LogP contribution in [0.3, 0.4) is 0 Å².